The van der Waals surface area contributed by atoms with E-state index in [0.717, 1.165) is 55.9 Å². The number of fused-ring (bicyclic) bond motifs is 3. The summed E-state index contributed by atoms with van der Waals surface area (Å²) in [5.41, 5.74) is 5.18. The molecule has 7 heteroatoms. The van der Waals surface area contributed by atoms with Gasteiger partial charge in [0.15, 0.2) is 0 Å². The van der Waals surface area contributed by atoms with Crippen molar-refractivity contribution in [2.45, 2.75) is 82.3 Å². The van der Waals surface area contributed by atoms with Gasteiger partial charge in [0.25, 0.3) is 5.91 Å². The lowest BCUT2D eigenvalue weighted by Gasteiger charge is -2.45. The zero-order valence-electron chi connectivity index (χ0n) is 24.2. The molecule has 0 radical (unpaired) electrons. The van der Waals surface area contributed by atoms with E-state index in [9.17, 15) is 4.79 Å². The van der Waals surface area contributed by atoms with E-state index in [2.05, 4.69) is 81.0 Å². The first-order valence-electron chi connectivity index (χ1n) is 15.3. The van der Waals surface area contributed by atoms with Crippen LogP contribution in [0.4, 0.5) is 0 Å². The van der Waals surface area contributed by atoms with E-state index >= 15 is 0 Å². The highest BCUT2D eigenvalue weighted by atomic mass is 16.2. The number of carbonyl (C=O) groups excluding carboxylic acids is 1. The molecule has 7 rings (SSSR count). The van der Waals surface area contributed by atoms with Gasteiger partial charge in [0.1, 0.15) is 11.5 Å². The number of piperidine rings is 2. The van der Waals surface area contributed by atoms with Crippen LogP contribution in [0, 0.1) is 13.8 Å². The van der Waals surface area contributed by atoms with E-state index in [0.29, 0.717) is 23.8 Å². The summed E-state index contributed by atoms with van der Waals surface area (Å²) in [6, 6.07) is 21.4. The number of aromatic nitrogens is 4. The molecule has 3 aliphatic heterocycles. The van der Waals surface area contributed by atoms with Gasteiger partial charge in [-0.3, -0.25) is 14.7 Å². The third-order valence-electron chi connectivity index (χ3n) is 10.2. The van der Waals surface area contributed by atoms with Gasteiger partial charge in [-0.15, -0.1) is 0 Å². The van der Waals surface area contributed by atoms with Crippen LogP contribution in [0.3, 0.4) is 0 Å². The maximum atomic E-state index is 13.2. The van der Waals surface area contributed by atoms with Gasteiger partial charge < -0.3 is 9.47 Å². The highest BCUT2D eigenvalue weighted by molar-refractivity contribution is 5.92. The third-order valence-corrected chi connectivity index (χ3v) is 10.2. The van der Waals surface area contributed by atoms with Gasteiger partial charge in [-0.2, -0.15) is 0 Å². The van der Waals surface area contributed by atoms with Crippen LogP contribution in [0.15, 0.2) is 67.0 Å². The van der Waals surface area contributed by atoms with Gasteiger partial charge >= 0.3 is 0 Å². The van der Waals surface area contributed by atoms with Crippen molar-refractivity contribution in [3.63, 3.8) is 0 Å². The second-order valence-electron chi connectivity index (χ2n) is 12.5. The lowest BCUT2D eigenvalue weighted by molar-refractivity contribution is 0.0601. The number of amides is 1. The Balaban J connectivity index is 1.06. The minimum atomic E-state index is 0.00148. The van der Waals surface area contributed by atoms with Crippen LogP contribution in [-0.2, 0) is 5.41 Å². The summed E-state index contributed by atoms with van der Waals surface area (Å²) in [5, 5.41) is 0. The molecule has 3 fully saturated rings. The zero-order valence-corrected chi connectivity index (χ0v) is 24.2. The van der Waals surface area contributed by atoms with Crippen LogP contribution in [0.2, 0.25) is 0 Å². The Morgan fingerprint density at radius 3 is 2.29 bits per heavy atom. The molecule has 2 bridgehead atoms. The number of hydrogen-bond donors (Lipinski definition) is 0. The molecule has 5 heterocycles. The number of hydrogen-bond acceptors (Lipinski definition) is 5. The Labute approximate surface area is 242 Å². The number of para-hydroxylation sites is 2. The smallest absolute Gasteiger partial charge is 0.274 e. The first kappa shape index (κ1) is 26.3. The number of rotatable bonds is 6. The highest BCUT2D eigenvalue weighted by Gasteiger charge is 2.44. The van der Waals surface area contributed by atoms with E-state index < -0.39 is 0 Å². The predicted octanol–water partition coefficient (Wildman–Crippen LogP) is 5.88. The fraction of sp³-hybridized carbons (Fsp3) is 0.471. The van der Waals surface area contributed by atoms with E-state index in [1.54, 1.807) is 12.4 Å². The van der Waals surface area contributed by atoms with Crippen LogP contribution in [0.25, 0.3) is 11.0 Å². The lowest BCUT2D eigenvalue weighted by atomic mass is 9.70. The van der Waals surface area contributed by atoms with Gasteiger partial charge in [-0.1, -0.05) is 42.5 Å². The summed E-state index contributed by atoms with van der Waals surface area (Å²) in [4.78, 5) is 31.5. The summed E-state index contributed by atoms with van der Waals surface area (Å²) in [6.07, 6.45) is 11.4. The topological polar surface area (TPSA) is 67.2 Å². The van der Waals surface area contributed by atoms with Crippen LogP contribution in [0.5, 0.6) is 0 Å². The minimum absolute atomic E-state index is 0.00148. The minimum Gasteiger partial charge on any atom is -0.337 e. The highest BCUT2D eigenvalue weighted by Crippen LogP contribution is 2.45. The molecule has 212 valence electrons. The molecule has 0 unspecified atom stereocenters. The maximum absolute atomic E-state index is 13.2. The fourth-order valence-electron chi connectivity index (χ4n) is 8.07. The molecule has 2 aromatic carbocycles. The monoisotopic (exact) mass is 548 g/mol. The standard InChI is InChI=1S/C34H40N6O/c1-24-22-36-31(23-35-24)33(41)38-17-14-34(15-18-38,26-8-4-3-5-9-26)16-19-39-27-12-13-28(39)21-29(20-27)40-25(2)37-30-10-6-7-11-32(30)40/h3-11,22-23,27-29H,12-21H2,1-2H3/t27-,28+,29+. The van der Waals surface area contributed by atoms with Crippen molar-refractivity contribution in [2.75, 3.05) is 19.6 Å². The van der Waals surface area contributed by atoms with Crippen LogP contribution < -0.4 is 0 Å². The molecule has 0 spiro atoms. The van der Waals surface area contributed by atoms with E-state index in [4.69, 9.17) is 4.98 Å². The summed E-state index contributed by atoms with van der Waals surface area (Å²) in [7, 11) is 0. The van der Waals surface area contributed by atoms with E-state index in [1.807, 2.05) is 11.8 Å². The number of nitrogens with zero attached hydrogens (tertiary/aromatic N) is 6. The number of benzene rings is 2. The Morgan fingerprint density at radius 2 is 1.59 bits per heavy atom. The van der Waals surface area contributed by atoms with Gasteiger partial charge in [0.05, 0.1) is 22.9 Å². The number of likely N-dealkylation sites (tertiary alicyclic amines) is 1. The summed E-state index contributed by atoms with van der Waals surface area (Å²) >= 11 is 0. The molecule has 0 N–H and O–H groups in total. The molecule has 0 aliphatic carbocycles. The molecule has 2 aromatic heterocycles. The summed E-state index contributed by atoms with van der Waals surface area (Å²) < 4.78 is 2.52. The molecular weight excluding hydrogens is 508 g/mol. The Kier molecular flexibility index (Phi) is 6.86. The first-order valence-corrected chi connectivity index (χ1v) is 15.3. The van der Waals surface area contributed by atoms with Crippen molar-refractivity contribution in [2.24, 2.45) is 0 Å². The van der Waals surface area contributed by atoms with Gasteiger partial charge in [0, 0.05) is 37.4 Å². The molecule has 41 heavy (non-hydrogen) atoms. The van der Waals surface area contributed by atoms with Crippen molar-refractivity contribution in [3.05, 3.63) is 89.8 Å². The fourth-order valence-corrected chi connectivity index (χ4v) is 8.07. The van der Waals surface area contributed by atoms with Crippen LogP contribution >= 0.6 is 0 Å². The zero-order chi connectivity index (χ0) is 28.0. The Hall–Kier alpha value is -3.58. The number of imidazole rings is 1. The molecule has 0 saturated carbocycles. The van der Waals surface area contributed by atoms with Crippen molar-refractivity contribution in [1.29, 1.82) is 0 Å². The van der Waals surface area contributed by atoms with Crippen molar-refractivity contribution < 1.29 is 4.79 Å². The Morgan fingerprint density at radius 1 is 0.878 bits per heavy atom. The average molecular weight is 549 g/mol. The summed E-state index contributed by atoms with van der Waals surface area (Å²) in [6.45, 7) is 6.69. The third kappa shape index (κ3) is 4.84. The normalized spacial score (nSPS) is 24.1. The molecule has 3 aliphatic rings. The average Bonchev–Trinajstić information content (AvgIpc) is 3.47. The quantitative estimate of drug-likeness (QED) is 0.301. The predicted molar refractivity (Wildman–Crippen MR) is 161 cm³/mol. The maximum Gasteiger partial charge on any atom is 0.274 e. The molecule has 1 amide bonds. The van der Waals surface area contributed by atoms with Gasteiger partial charge in [-0.25, -0.2) is 9.97 Å². The first-order chi connectivity index (χ1) is 20.0. The lowest BCUT2D eigenvalue weighted by Crippen LogP contribution is -2.49. The largest absolute Gasteiger partial charge is 0.337 e. The van der Waals surface area contributed by atoms with Gasteiger partial charge in [-0.05, 0) is 88.4 Å². The number of carbonyl (C=O) groups is 1. The number of aryl methyl sites for hydroxylation is 2. The van der Waals surface area contributed by atoms with Crippen molar-refractivity contribution in [1.82, 2.24) is 29.3 Å². The molecule has 7 nitrogen and oxygen atoms in total. The molecule has 3 saturated heterocycles. The van der Waals surface area contributed by atoms with Crippen LogP contribution in [-0.4, -0.2) is 66.9 Å². The van der Waals surface area contributed by atoms with E-state index in [-0.39, 0.29) is 11.3 Å². The van der Waals surface area contributed by atoms with E-state index in [1.165, 1.54) is 36.8 Å². The molecular formula is C34H40N6O. The van der Waals surface area contributed by atoms with Crippen molar-refractivity contribution in [3.8, 4) is 0 Å². The molecule has 4 aromatic rings. The second kappa shape index (κ2) is 10.7. The van der Waals surface area contributed by atoms with Gasteiger partial charge in [0.2, 0.25) is 0 Å². The molecule has 3 atom stereocenters. The second-order valence-corrected chi connectivity index (χ2v) is 12.5. The van der Waals surface area contributed by atoms with Crippen LogP contribution in [0.1, 0.15) is 78.6 Å². The summed E-state index contributed by atoms with van der Waals surface area (Å²) in [5.74, 6) is 1.15. The Bertz CT molecular complexity index is 1510. The van der Waals surface area contributed by atoms with Crippen molar-refractivity contribution >= 4 is 16.9 Å². The SMILES string of the molecule is Cc1cnc(C(=O)N2CCC(CCN3[C@@H]4CC[C@H]3C[C@@H](n3c(C)nc5ccccc53)C4)(c3ccccc3)CC2)cn1.